The van der Waals surface area contributed by atoms with E-state index < -0.39 is 11.7 Å². The fourth-order valence-electron chi connectivity index (χ4n) is 2.92. The highest BCUT2D eigenvalue weighted by Gasteiger charge is 2.14. The highest BCUT2D eigenvalue weighted by Crippen LogP contribution is 2.31. The van der Waals surface area contributed by atoms with Crippen LogP contribution in [0.15, 0.2) is 72.4 Å². The van der Waals surface area contributed by atoms with Crippen LogP contribution in [0, 0.1) is 5.82 Å². The highest BCUT2D eigenvalue weighted by molar-refractivity contribution is 9.10. The van der Waals surface area contributed by atoms with Crippen LogP contribution in [0.4, 0.5) is 33.2 Å². The average Bonchev–Trinajstić information content (AvgIpc) is 3.21. The van der Waals surface area contributed by atoms with Gasteiger partial charge in [0.05, 0.1) is 17.6 Å². The number of rotatable bonds is 7. The molecule has 0 fully saturated rings. The van der Waals surface area contributed by atoms with Crippen molar-refractivity contribution in [3.05, 3.63) is 78.2 Å². The second-order valence-corrected chi connectivity index (χ2v) is 7.68. The van der Waals surface area contributed by atoms with Crippen molar-refractivity contribution in [2.24, 2.45) is 7.05 Å². The Labute approximate surface area is 196 Å². The summed E-state index contributed by atoms with van der Waals surface area (Å²) in [6, 6.07) is 7.80. The molecule has 4 rings (SSSR count). The van der Waals surface area contributed by atoms with Crippen molar-refractivity contribution in [1.82, 2.24) is 24.7 Å². The SMILES string of the molecule is C=CC(=O)Nc1ccc(F)c(Nc2nc(Nc3cnn(C)c3)ncc2-c2ccc(Br)nc2)c1. The highest BCUT2D eigenvalue weighted by atomic mass is 79.9. The third-order valence-electron chi connectivity index (χ3n) is 4.46. The molecule has 0 radical (unpaired) electrons. The second kappa shape index (κ2) is 9.57. The molecule has 3 heterocycles. The summed E-state index contributed by atoms with van der Waals surface area (Å²) in [5.41, 5.74) is 2.55. The van der Waals surface area contributed by atoms with Gasteiger partial charge in [0.2, 0.25) is 11.9 Å². The fraction of sp³-hybridized carbons (Fsp3) is 0.0455. The van der Waals surface area contributed by atoms with E-state index in [0.717, 1.165) is 11.6 Å². The lowest BCUT2D eigenvalue weighted by molar-refractivity contribution is -0.111. The van der Waals surface area contributed by atoms with Crippen molar-refractivity contribution < 1.29 is 9.18 Å². The lowest BCUT2D eigenvalue weighted by Gasteiger charge is -2.14. The number of nitrogens with one attached hydrogen (secondary N) is 3. The molecule has 0 atom stereocenters. The average molecular weight is 509 g/mol. The van der Waals surface area contributed by atoms with Crippen molar-refractivity contribution in [2.45, 2.75) is 0 Å². The lowest BCUT2D eigenvalue weighted by Crippen LogP contribution is -2.08. The van der Waals surface area contributed by atoms with Gasteiger partial charge in [0.25, 0.3) is 0 Å². The van der Waals surface area contributed by atoms with Crippen molar-refractivity contribution in [2.75, 3.05) is 16.0 Å². The zero-order valence-electron chi connectivity index (χ0n) is 17.4. The molecule has 1 aromatic carbocycles. The summed E-state index contributed by atoms with van der Waals surface area (Å²) in [7, 11) is 1.80. The first-order chi connectivity index (χ1) is 15.9. The Morgan fingerprint density at radius 1 is 1.12 bits per heavy atom. The van der Waals surface area contributed by atoms with E-state index in [0.29, 0.717) is 27.4 Å². The Morgan fingerprint density at radius 3 is 2.67 bits per heavy atom. The maximum Gasteiger partial charge on any atom is 0.247 e. The molecule has 0 aliphatic heterocycles. The molecule has 0 aliphatic carbocycles. The minimum absolute atomic E-state index is 0.120. The molecule has 1 amide bonds. The number of aryl methyl sites for hydroxylation is 1. The number of carbonyl (C=O) groups is 1. The summed E-state index contributed by atoms with van der Waals surface area (Å²) >= 11 is 3.32. The Kier molecular flexibility index (Phi) is 6.41. The Balaban J connectivity index is 1.73. The van der Waals surface area contributed by atoms with Gasteiger partial charge in [-0.25, -0.2) is 14.4 Å². The molecule has 0 bridgehead atoms. The first kappa shape index (κ1) is 22.1. The van der Waals surface area contributed by atoms with Gasteiger partial charge >= 0.3 is 0 Å². The van der Waals surface area contributed by atoms with Gasteiger partial charge in [-0.15, -0.1) is 0 Å². The van der Waals surface area contributed by atoms with Crippen molar-refractivity contribution in [1.29, 1.82) is 0 Å². The Morgan fingerprint density at radius 2 is 1.97 bits per heavy atom. The van der Waals surface area contributed by atoms with Crippen LogP contribution in [0.1, 0.15) is 0 Å². The molecule has 0 aliphatic rings. The smallest absolute Gasteiger partial charge is 0.247 e. The van der Waals surface area contributed by atoms with Crippen LogP contribution < -0.4 is 16.0 Å². The molecule has 11 heteroatoms. The van der Waals surface area contributed by atoms with Crippen LogP contribution in [-0.2, 0) is 11.8 Å². The van der Waals surface area contributed by atoms with Gasteiger partial charge in [0.1, 0.15) is 16.2 Å². The summed E-state index contributed by atoms with van der Waals surface area (Å²) in [6.07, 6.45) is 7.80. The van der Waals surface area contributed by atoms with E-state index in [1.807, 2.05) is 6.07 Å². The number of nitrogens with zero attached hydrogens (tertiary/aromatic N) is 5. The largest absolute Gasteiger partial charge is 0.337 e. The van der Waals surface area contributed by atoms with Gasteiger partial charge < -0.3 is 16.0 Å². The maximum absolute atomic E-state index is 14.6. The van der Waals surface area contributed by atoms with E-state index >= 15 is 0 Å². The molecule has 3 aromatic heterocycles. The minimum Gasteiger partial charge on any atom is -0.337 e. The number of aromatic nitrogens is 5. The van der Waals surface area contributed by atoms with Gasteiger partial charge in [-0.3, -0.25) is 9.48 Å². The predicted molar refractivity (Wildman–Crippen MR) is 128 cm³/mol. The molecule has 0 saturated carbocycles. The number of carbonyl (C=O) groups excluding carboxylic acids is 1. The van der Waals surface area contributed by atoms with E-state index in [-0.39, 0.29) is 11.6 Å². The normalized spacial score (nSPS) is 10.5. The molecule has 0 saturated heterocycles. The molecular weight excluding hydrogens is 491 g/mol. The summed E-state index contributed by atoms with van der Waals surface area (Å²) in [6.45, 7) is 3.42. The molecule has 9 nitrogen and oxygen atoms in total. The van der Waals surface area contributed by atoms with Crippen molar-refractivity contribution >= 4 is 50.7 Å². The minimum atomic E-state index is -0.521. The number of pyridine rings is 1. The van der Waals surface area contributed by atoms with Crippen LogP contribution in [0.5, 0.6) is 0 Å². The third-order valence-corrected chi connectivity index (χ3v) is 4.93. The fourth-order valence-corrected chi connectivity index (χ4v) is 3.15. The number of anilines is 5. The number of halogens is 2. The van der Waals surface area contributed by atoms with E-state index in [2.05, 4.69) is 58.5 Å². The predicted octanol–water partition coefficient (Wildman–Crippen LogP) is 4.79. The van der Waals surface area contributed by atoms with Crippen LogP contribution in [-0.4, -0.2) is 30.6 Å². The van der Waals surface area contributed by atoms with Crippen LogP contribution in [0.25, 0.3) is 11.1 Å². The second-order valence-electron chi connectivity index (χ2n) is 6.87. The van der Waals surface area contributed by atoms with E-state index in [9.17, 15) is 9.18 Å². The molecule has 4 aromatic rings. The summed E-state index contributed by atoms with van der Waals surface area (Å²) in [5.74, 6) is -0.298. The Hall–Kier alpha value is -4.12. The van der Waals surface area contributed by atoms with Gasteiger partial charge in [-0.05, 0) is 52.3 Å². The number of benzene rings is 1. The summed E-state index contributed by atoms with van der Waals surface area (Å²) in [4.78, 5) is 24.8. The zero-order valence-corrected chi connectivity index (χ0v) is 19.0. The number of hydrogen-bond donors (Lipinski definition) is 3. The molecule has 0 spiro atoms. The topological polar surface area (TPSA) is 110 Å². The quantitative estimate of drug-likeness (QED) is 0.243. The van der Waals surface area contributed by atoms with E-state index in [1.165, 1.54) is 18.2 Å². The molecule has 166 valence electrons. The Bertz CT molecular complexity index is 1320. The first-order valence-electron chi connectivity index (χ1n) is 9.66. The van der Waals surface area contributed by atoms with E-state index in [4.69, 9.17) is 0 Å². The number of amides is 1. The number of hydrogen-bond acceptors (Lipinski definition) is 7. The monoisotopic (exact) mass is 508 g/mol. The third kappa shape index (κ3) is 5.39. The van der Waals surface area contributed by atoms with Crippen LogP contribution in [0.3, 0.4) is 0 Å². The first-order valence-corrected chi connectivity index (χ1v) is 10.4. The van der Waals surface area contributed by atoms with Gasteiger partial charge in [-0.1, -0.05) is 6.58 Å². The van der Waals surface area contributed by atoms with E-state index in [1.54, 1.807) is 42.6 Å². The van der Waals surface area contributed by atoms with Gasteiger partial charge in [-0.2, -0.15) is 10.1 Å². The molecular formula is C22H18BrFN8O. The molecule has 33 heavy (non-hydrogen) atoms. The van der Waals surface area contributed by atoms with Crippen molar-refractivity contribution in [3.8, 4) is 11.1 Å². The standard InChI is InChI=1S/C22H18BrFN8O/c1-3-20(33)28-14-5-6-17(24)18(8-14)30-21-16(13-4-7-19(23)25-9-13)11-26-22(31-21)29-15-10-27-32(2)12-15/h3-12H,1H2,2H3,(H,28,33)(H2,26,29,30,31). The van der Waals surface area contributed by atoms with Crippen LogP contribution >= 0.6 is 15.9 Å². The summed E-state index contributed by atoms with van der Waals surface area (Å²) in [5, 5.41) is 12.8. The molecule has 3 N–H and O–H groups in total. The van der Waals surface area contributed by atoms with Gasteiger partial charge in [0, 0.05) is 42.5 Å². The summed E-state index contributed by atoms with van der Waals surface area (Å²) < 4.78 is 16.9. The lowest BCUT2D eigenvalue weighted by atomic mass is 10.1. The maximum atomic E-state index is 14.6. The zero-order chi connectivity index (χ0) is 23.4. The van der Waals surface area contributed by atoms with Crippen LogP contribution in [0.2, 0.25) is 0 Å². The molecule has 0 unspecified atom stereocenters. The van der Waals surface area contributed by atoms with Gasteiger partial charge in [0.15, 0.2) is 0 Å². The van der Waals surface area contributed by atoms with Crippen molar-refractivity contribution in [3.63, 3.8) is 0 Å².